The normalized spacial score (nSPS) is 11.1. The molecule has 0 spiro atoms. The van der Waals surface area contributed by atoms with Gasteiger partial charge in [0.1, 0.15) is 11.5 Å². The lowest BCUT2D eigenvalue weighted by Gasteiger charge is -2.06. The number of hydrogen-bond acceptors (Lipinski definition) is 3. The summed E-state index contributed by atoms with van der Waals surface area (Å²) in [7, 11) is 0. The molecule has 0 bridgehead atoms. The SMILES string of the molecule is Cc1ccc(-c2ccc(-c3cc(C(=O)O)c4cc(Br)ccc4n3)o2)cc1Cl. The molecule has 1 N–H and O–H groups in total. The number of aryl methyl sites for hydroxylation is 1. The van der Waals surface area contributed by atoms with E-state index in [0.717, 1.165) is 15.6 Å². The number of aromatic carboxylic acids is 1. The summed E-state index contributed by atoms with van der Waals surface area (Å²) in [4.78, 5) is 16.3. The first kappa shape index (κ1) is 17.8. The van der Waals surface area contributed by atoms with Crippen LogP contribution < -0.4 is 0 Å². The lowest BCUT2D eigenvalue weighted by atomic mass is 10.1. The van der Waals surface area contributed by atoms with Crippen LogP contribution in [0.3, 0.4) is 0 Å². The third-order valence-corrected chi connectivity index (χ3v) is 5.22. The van der Waals surface area contributed by atoms with Crippen LogP contribution in [0.1, 0.15) is 15.9 Å². The van der Waals surface area contributed by atoms with Crippen LogP contribution in [0, 0.1) is 6.92 Å². The molecule has 0 aliphatic carbocycles. The summed E-state index contributed by atoms with van der Waals surface area (Å²) in [5.41, 5.74) is 3.06. The molecule has 4 aromatic rings. The monoisotopic (exact) mass is 441 g/mol. The van der Waals surface area contributed by atoms with Crippen LogP contribution in [0.2, 0.25) is 5.02 Å². The molecule has 134 valence electrons. The van der Waals surface area contributed by atoms with Gasteiger partial charge in [0, 0.05) is 20.4 Å². The van der Waals surface area contributed by atoms with E-state index in [1.165, 1.54) is 6.07 Å². The van der Waals surface area contributed by atoms with Gasteiger partial charge in [-0.15, -0.1) is 0 Å². The quantitative estimate of drug-likeness (QED) is 0.389. The molecule has 0 unspecified atom stereocenters. The lowest BCUT2D eigenvalue weighted by Crippen LogP contribution is -2.00. The second kappa shape index (κ2) is 6.83. The van der Waals surface area contributed by atoms with Crippen molar-refractivity contribution in [2.75, 3.05) is 0 Å². The van der Waals surface area contributed by atoms with Crippen LogP contribution in [-0.4, -0.2) is 16.1 Å². The highest BCUT2D eigenvalue weighted by Gasteiger charge is 2.16. The number of carbonyl (C=O) groups is 1. The number of carboxylic acids is 1. The number of hydrogen-bond donors (Lipinski definition) is 1. The van der Waals surface area contributed by atoms with E-state index in [9.17, 15) is 9.90 Å². The third kappa shape index (κ3) is 3.36. The first-order valence-corrected chi connectivity index (χ1v) is 9.30. The number of furan rings is 1. The molecule has 0 aliphatic rings. The second-order valence-electron chi connectivity index (χ2n) is 6.15. The molecule has 2 aromatic heterocycles. The maximum atomic E-state index is 11.7. The summed E-state index contributed by atoms with van der Waals surface area (Å²) >= 11 is 9.57. The Morgan fingerprint density at radius 3 is 2.59 bits per heavy atom. The maximum absolute atomic E-state index is 11.7. The molecule has 0 amide bonds. The molecule has 0 aliphatic heterocycles. The van der Waals surface area contributed by atoms with Crippen LogP contribution in [0.25, 0.3) is 33.7 Å². The summed E-state index contributed by atoms with van der Waals surface area (Å²) in [6.45, 7) is 1.93. The van der Waals surface area contributed by atoms with Crippen LogP contribution >= 0.6 is 27.5 Å². The van der Waals surface area contributed by atoms with E-state index >= 15 is 0 Å². The largest absolute Gasteiger partial charge is 0.478 e. The zero-order valence-corrected chi connectivity index (χ0v) is 16.5. The van der Waals surface area contributed by atoms with Gasteiger partial charge < -0.3 is 9.52 Å². The van der Waals surface area contributed by atoms with Gasteiger partial charge in [-0.2, -0.15) is 0 Å². The van der Waals surface area contributed by atoms with Crippen molar-refractivity contribution in [3.05, 3.63) is 75.2 Å². The number of aromatic nitrogens is 1. The Kier molecular flexibility index (Phi) is 4.50. The highest BCUT2D eigenvalue weighted by Crippen LogP contribution is 2.32. The van der Waals surface area contributed by atoms with Crippen LogP contribution in [0.4, 0.5) is 0 Å². The first-order valence-electron chi connectivity index (χ1n) is 8.13. The van der Waals surface area contributed by atoms with Crippen LogP contribution in [-0.2, 0) is 0 Å². The first-order chi connectivity index (χ1) is 12.9. The predicted molar refractivity (Wildman–Crippen MR) is 109 cm³/mol. The Labute approximate surface area is 168 Å². The van der Waals surface area contributed by atoms with E-state index in [1.54, 1.807) is 18.2 Å². The van der Waals surface area contributed by atoms with Crippen molar-refractivity contribution in [1.29, 1.82) is 0 Å². The van der Waals surface area contributed by atoms with Gasteiger partial charge in [0.25, 0.3) is 0 Å². The van der Waals surface area contributed by atoms with Crippen molar-refractivity contribution in [2.24, 2.45) is 0 Å². The fourth-order valence-corrected chi connectivity index (χ4v) is 3.42. The standard InChI is InChI=1S/C21H13BrClNO3/c1-11-2-3-12(8-16(11)23)19-6-7-20(27-19)18-10-15(21(25)26)14-9-13(22)4-5-17(14)24-18/h2-10H,1H3,(H,25,26). The van der Waals surface area contributed by atoms with Crippen molar-refractivity contribution in [3.63, 3.8) is 0 Å². The van der Waals surface area contributed by atoms with E-state index in [-0.39, 0.29) is 5.56 Å². The minimum atomic E-state index is -1.01. The van der Waals surface area contributed by atoms with Gasteiger partial charge in [-0.1, -0.05) is 39.7 Å². The summed E-state index contributed by atoms with van der Waals surface area (Å²) in [5.74, 6) is 0.120. The van der Waals surface area contributed by atoms with Gasteiger partial charge in [-0.05, 0) is 55.0 Å². The van der Waals surface area contributed by atoms with Gasteiger partial charge in [0.15, 0.2) is 5.76 Å². The highest BCUT2D eigenvalue weighted by atomic mass is 79.9. The number of benzene rings is 2. The van der Waals surface area contributed by atoms with E-state index < -0.39 is 5.97 Å². The molecule has 0 radical (unpaired) electrons. The molecular weight excluding hydrogens is 430 g/mol. The van der Waals surface area contributed by atoms with E-state index in [0.29, 0.717) is 33.1 Å². The summed E-state index contributed by atoms with van der Waals surface area (Å²) < 4.78 is 6.73. The number of rotatable bonds is 3. The minimum Gasteiger partial charge on any atom is -0.478 e. The number of halogens is 2. The van der Waals surface area contributed by atoms with Crippen molar-refractivity contribution >= 4 is 44.4 Å². The third-order valence-electron chi connectivity index (χ3n) is 4.32. The van der Waals surface area contributed by atoms with Crippen molar-refractivity contribution in [1.82, 2.24) is 4.98 Å². The summed E-state index contributed by atoms with van der Waals surface area (Å²) in [6.07, 6.45) is 0. The van der Waals surface area contributed by atoms with E-state index in [1.807, 2.05) is 37.3 Å². The number of nitrogens with zero attached hydrogens (tertiary/aromatic N) is 1. The highest BCUT2D eigenvalue weighted by molar-refractivity contribution is 9.10. The van der Waals surface area contributed by atoms with Gasteiger partial charge in [0.2, 0.25) is 0 Å². The average Bonchev–Trinajstić information content (AvgIpc) is 3.13. The molecule has 2 heterocycles. The summed E-state index contributed by atoms with van der Waals surface area (Å²) in [6, 6.07) is 16.2. The molecular formula is C21H13BrClNO3. The molecule has 0 saturated carbocycles. The van der Waals surface area contributed by atoms with Crippen molar-refractivity contribution in [3.8, 4) is 22.8 Å². The molecule has 2 aromatic carbocycles. The lowest BCUT2D eigenvalue weighted by molar-refractivity contribution is 0.0699. The van der Waals surface area contributed by atoms with Gasteiger partial charge >= 0.3 is 5.97 Å². The molecule has 6 heteroatoms. The van der Waals surface area contributed by atoms with Gasteiger partial charge in [-0.25, -0.2) is 9.78 Å². The van der Waals surface area contributed by atoms with Gasteiger partial charge in [-0.3, -0.25) is 0 Å². The number of carboxylic acid groups (broad SMARTS) is 1. The minimum absolute atomic E-state index is 0.174. The Hall–Kier alpha value is -2.63. The van der Waals surface area contributed by atoms with Crippen LogP contribution in [0.5, 0.6) is 0 Å². The topological polar surface area (TPSA) is 63.3 Å². The molecule has 4 nitrogen and oxygen atoms in total. The molecule has 0 fully saturated rings. The molecule has 4 rings (SSSR count). The zero-order chi connectivity index (χ0) is 19.1. The Balaban J connectivity index is 1.83. The Morgan fingerprint density at radius 1 is 1.07 bits per heavy atom. The van der Waals surface area contributed by atoms with E-state index in [2.05, 4.69) is 20.9 Å². The fraction of sp³-hybridized carbons (Fsp3) is 0.0476. The predicted octanol–water partition coefficient (Wildman–Crippen LogP) is 6.58. The van der Waals surface area contributed by atoms with Crippen LogP contribution in [0.15, 0.2) is 63.5 Å². The Bertz CT molecular complexity index is 1200. The van der Waals surface area contributed by atoms with Crippen molar-refractivity contribution in [2.45, 2.75) is 6.92 Å². The van der Waals surface area contributed by atoms with E-state index in [4.69, 9.17) is 16.0 Å². The number of fused-ring (bicyclic) bond motifs is 1. The Morgan fingerprint density at radius 2 is 1.85 bits per heavy atom. The molecule has 0 atom stereocenters. The smallest absolute Gasteiger partial charge is 0.336 e. The van der Waals surface area contributed by atoms with Gasteiger partial charge in [0.05, 0.1) is 11.1 Å². The average molecular weight is 443 g/mol. The fourth-order valence-electron chi connectivity index (χ4n) is 2.88. The van der Waals surface area contributed by atoms with Crippen molar-refractivity contribution < 1.29 is 14.3 Å². The second-order valence-corrected chi connectivity index (χ2v) is 7.47. The zero-order valence-electron chi connectivity index (χ0n) is 14.2. The molecule has 0 saturated heterocycles. The maximum Gasteiger partial charge on any atom is 0.336 e. The summed E-state index contributed by atoms with van der Waals surface area (Å²) in [5, 5.41) is 10.8. The number of pyridine rings is 1. The molecule has 27 heavy (non-hydrogen) atoms.